The lowest BCUT2D eigenvalue weighted by Gasteiger charge is -2.30. The van der Waals surface area contributed by atoms with Crippen LogP contribution in [0.1, 0.15) is 36.5 Å². The molecule has 5 nitrogen and oxygen atoms in total. The first-order chi connectivity index (χ1) is 13.0. The third-order valence-corrected chi connectivity index (χ3v) is 4.91. The van der Waals surface area contributed by atoms with E-state index >= 15 is 0 Å². The number of carbonyl (C=O) groups is 2. The monoisotopic (exact) mass is 385 g/mol. The zero-order chi connectivity index (χ0) is 19.2. The molecule has 0 bridgehead atoms. The zero-order valence-corrected chi connectivity index (χ0v) is 16.2. The maximum atomic E-state index is 12.3. The first kappa shape index (κ1) is 19.2. The van der Waals surface area contributed by atoms with Crippen LogP contribution < -0.4 is 15.5 Å². The van der Waals surface area contributed by atoms with Crippen LogP contribution in [-0.2, 0) is 4.79 Å². The molecule has 2 aromatic carbocycles. The lowest BCUT2D eigenvalue weighted by molar-refractivity contribution is -0.114. The summed E-state index contributed by atoms with van der Waals surface area (Å²) in [5, 5.41) is 6.68. The van der Waals surface area contributed by atoms with Gasteiger partial charge in [0, 0.05) is 29.4 Å². The molecule has 0 aromatic heterocycles. The molecule has 142 valence electrons. The minimum absolute atomic E-state index is 0.000687. The van der Waals surface area contributed by atoms with Crippen molar-refractivity contribution in [1.82, 2.24) is 0 Å². The van der Waals surface area contributed by atoms with Crippen LogP contribution in [0, 0.1) is 0 Å². The predicted molar refractivity (Wildman–Crippen MR) is 111 cm³/mol. The number of halogens is 1. The van der Waals surface area contributed by atoms with Crippen LogP contribution in [0.15, 0.2) is 42.5 Å². The zero-order valence-electron chi connectivity index (χ0n) is 15.4. The average Bonchev–Trinajstić information content (AvgIpc) is 2.67. The van der Waals surface area contributed by atoms with Crippen LogP contribution in [0.25, 0.3) is 0 Å². The van der Waals surface area contributed by atoms with Gasteiger partial charge in [-0.2, -0.15) is 0 Å². The van der Waals surface area contributed by atoms with E-state index in [0.29, 0.717) is 16.3 Å². The van der Waals surface area contributed by atoms with E-state index in [1.807, 2.05) is 18.2 Å². The van der Waals surface area contributed by atoms with E-state index in [0.717, 1.165) is 24.5 Å². The topological polar surface area (TPSA) is 61.4 Å². The van der Waals surface area contributed by atoms with Crippen molar-refractivity contribution in [3.8, 4) is 0 Å². The number of rotatable bonds is 6. The van der Waals surface area contributed by atoms with Gasteiger partial charge in [0.2, 0.25) is 5.91 Å². The van der Waals surface area contributed by atoms with E-state index in [1.54, 1.807) is 24.3 Å². The van der Waals surface area contributed by atoms with E-state index in [1.165, 1.54) is 26.2 Å². The van der Waals surface area contributed by atoms with Gasteiger partial charge in [0.1, 0.15) is 0 Å². The maximum Gasteiger partial charge on any atom is 0.243 e. The maximum absolute atomic E-state index is 12.3. The Kier molecular flexibility index (Phi) is 6.35. The number of hydrogen-bond acceptors (Lipinski definition) is 4. The van der Waals surface area contributed by atoms with E-state index < -0.39 is 0 Å². The molecule has 3 rings (SSSR count). The van der Waals surface area contributed by atoms with Crippen molar-refractivity contribution >= 4 is 40.4 Å². The second kappa shape index (κ2) is 8.91. The largest absolute Gasteiger partial charge is 0.374 e. The summed E-state index contributed by atoms with van der Waals surface area (Å²) in [4.78, 5) is 25.9. The van der Waals surface area contributed by atoms with Gasteiger partial charge in [0.25, 0.3) is 0 Å². The third-order valence-electron chi connectivity index (χ3n) is 4.67. The number of nitrogens with zero attached hydrogens (tertiary/aromatic N) is 1. The first-order valence-electron chi connectivity index (χ1n) is 9.22. The van der Waals surface area contributed by atoms with Gasteiger partial charge >= 0.3 is 0 Å². The van der Waals surface area contributed by atoms with Crippen molar-refractivity contribution in [2.45, 2.75) is 26.2 Å². The molecule has 1 saturated heterocycles. The van der Waals surface area contributed by atoms with E-state index in [-0.39, 0.29) is 18.2 Å². The summed E-state index contributed by atoms with van der Waals surface area (Å²) in [5.41, 5.74) is 3.23. The van der Waals surface area contributed by atoms with Gasteiger partial charge in [-0.25, -0.2) is 0 Å². The average molecular weight is 386 g/mol. The molecule has 2 aromatic rings. The Labute approximate surface area is 164 Å². The normalized spacial score (nSPS) is 13.9. The lowest BCUT2D eigenvalue weighted by Crippen LogP contribution is -2.30. The Bertz CT molecular complexity index is 815. The smallest absolute Gasteiger partial charge is 0.243 e. The predicted octanol–water partition coefficient (Wildman–Crippen LogP) is 4.58. The minimum Gasteiger partial charge on any atom is -0.374 e. The molecule has 1 aliphatic heterocycles. The Hall–Kier alpha value is -2.53. The van der Waals surface area contributed by atoms with Crippen molar-refractivity contribution in [3.63, 3.8) is 0 Å². The van der Waals surface area contributed by atoms with Crippen LogP contribution in [0.3, 0.4) is 0 Å². The lowest BCUT2D eigenvalue weighted by atomic mass is 10.1. The number of carbonyl (C=O) groups excluding carboxylic acids is 2. The van der Waals surface area contributed by atoms with Gasteiger partial charge in [-0.05, 0) is 68.7 Å². The molecule has 27 heavy (non-hydrogen) atoms. The van der Waals surface area contributed by atoms with Crippen molar-refractivity contribution < 1.29 is 9.59 Å². The summed E-state index contributed by atoms with van der Waals surface area (Å²) >= 11 is 6.15. The number of nitrogens with one attached hydrogen (secondary N) is 2. The van der Waals surface area contributed by atoms with Gasteiger partial charge in [-0.15, -0.1) is 0 Å². The number of piperidine rings is 1. The number of ketones is 1. The second-order valence-electron chi connectivity index (χ2n) is 6.74. The van der Waals surface area contributed by atoms with Crippen LogP contribution in [0.5, 0.6) is 0 Å². The Balaban J connectivity index is 1.62. The van der Waals surface area contributed by atoms with Crippen LogP contribution >= 0.6 is 11.6 Å². The van der Waals surface area contributed by atoms with Crippen molar-refractivity contribution in [3.05, 3.63) is 53.1 Å². The van der Waals surface area contributed by atoms with E-state index in [2.05, 4.69) is 15.5 Å². The number of Topliss-reactive ketones (excluding diaryl/α,β-unsaturated/α-hetero) is 1. The molecule has 0 radical (unpaired) electrons. The summed E-state index contributed by atoms with van der Waals surface area (Å²) in [6.45, 7) is 3.69. The van der Waals surface area contributed by atoms with Crippen molar-refractivity contribution in [1.29, 1.82) is 0 Å². The van der Waals surface area contributed by atoms with E-state index in [9.17, 15) is 9.59 Å². The molecule has 0 aliphatic carbocycles. The highest BCUT2D eigenvalue weighted by atomic mass is 35.5. The van der Waals surface area contributed by atoms with Crippen molar-refractivity contribution in [2.24, 2.45) is 0 Å². The number of amides is 1. The van der Waals surface area contributed by atoms with Gasteiger partial charge in [0.05, 0.1) is 17.9 Å². The van der Waals surface area contributed by atoms with Gasteiger partial charge in [-0.1, -0.05) is 11.6 Å². The fraction of sp³-hybridized carbons (Fsp3) is 0.333. The SMILES string of the molecule is CC(=O)c1ccc(NC(=O)CNc2cc(Cl)ccc2N2CCCCC2)cc1. The summed E-state index contributed by atoms with van der Waals surface area (Å²) in [7, 11) is 0. The number of hydrogen-bond donors (Lipinski definition) is 2. The van der Waals surface area contributed by atoms with Gasteiger partial charge in [-0.3, -0.25) is 9.59 Å². The molecule has 1 amide bonds. The fourth-order valence-corrected chi connectivity index (χ4v) is 3.40. The Morgan fingerprint density at radius 1 is 1.04 bits per heavy atom. The molecule has 0 saturated carbocycles. The standard InChI is InChI=1S/C21H24ClN3O2/c1-15(26)16-5-8-18(9-6-16)24-21(27)14-23-19-13-17(22)7-10-20(19)25-11-3-2-4-12-25/h5-10,13,23H,2-4,11-12,14H2,1H3,(H,24,27). The molecular formula is C21H24ClN3O2. The molecule has 6 heteroatoms. The summed E-state index contributed by atoms with van der Waals surface area (Å²) in [6.07, 6.45) is 3.62. The highest BCUT2D eigenvalue weighted by molar-refractivity contribution is 6.31. The highest BCUT2D eigenvalue weighted by Gasteiger charge is 2.15. The van der Waals surface area contributed by atoms with Crippen LogP contribution in [0.2, 0.25) is 5.02 Å². The molecule has 1 aliphatic rings. The summed E-state index contributed by atoms with van der Waals surface area (Å²) in [6, 6.07) is 12.6. The minimum atomic E-state index is -0.157. The van der Waals surface area contributed by atoms with Crippen LogP contribution in [0.4, 0.5) is 17.1 Å². The Morgan fingerprint density at radius 2 is 1.74 bits per heavy atom. The number of benzene rings is 2. The summed E-state index contributed by atoms with van der Waals surface area (Å²) < 4.78 is 0. The molecule has 2 N–H and O–H groups in total. The first-order valence-corrected chi connectivity index (χ1v) is 9.60. The van der Waals surface area contributed by atoms with Crippen molar-refractivity contribution in [2.75, 3.05) is 35.2 Å². The van der Waals surface area contributed by atoms with E-state index in [4.69, 9.17) is 11.6 Å². The quantitative estimate of drug-likeness (QED) is 0.714. The molecule has 1 heterocycles. The molecule has 0 unspecified atom stereocenters. The number of anilines is 3. The highest BCUT2D eigenvalue weighted by Crippen LogP contribution is 2.31. The third kappa shape index (κ3) is 5.23. The molecular weight excluding hydrogens is 362 g/mol. The van der Waals surface area contributed by atoms with Crippen LogP contribution in [-0.4, -0.2) is 31.3 Å². The second-order valence-corrected chi connectivity index (χ2v) is 7.18. The Morgan fingerprint density at radius 3 is 2.41 bits per heavy atom. The molecule has 1 fully saturated rings. The molecule has 0 atom stereocenters. The van der Waals surface area contributed by atoms with Gasteiger partial charge < -0.3 is 15.5 Å². The molecule has 0 spiro atoms. The van der Waals surface area contributed by atoms with Gasteiger partial charge in [0.15, 0.2) is 5.78 Å². The fourth-order valence-electron chi connectivity index (χ4n) is 3.23. The summed E-state index contributed by atoms with van der Waals surface area (Å²) in [5.74, 6) is -0.157.